The Bertz CT molecular complexity index is 546. The highest BCUT2D eigenvalue weighted by Crippen LogP contribution is 2.10. The largest absolute Gasteiger partial charge is 0.399 e. The second-order valence-electron chi connectivity index (χ2n) is 4.12. The number of benzene rings is 1. The number of anilines is 1. The molecule has 18 heavy (non-hydrogen) atoms. The molecule has 0 fully saturated rings. The highest BCUT2D eigenvalue weighted by molar-refractivity contribution is 5.94. The number of carbonyl (C=O) groups is 1. The summed E-state index contributed by atoms with van der Waals surface area (Å²) in [5, 5.41) is 10.6. The smallest absolute Gasteiger partial charge is 0.251 e. The van der Waals surface area contributed by atoms with Crippen LogP contribution in [0.1, 0.15) is 29.1 Å². The molecule has 0 radical (unpaired) electrons. The molecular weight excluding hydrogens is 230 g/mol. The summed E-state index contributed by atoms with van der Waals surface area (Å²) in [4.78, 5) is 12.0. The van der Waals surface area contributed by atoms with Crippen molar-refractivity contribution in [3.8, 4) is 0 Å². The molecule has 0 spiro atoms. The van der Waals surface area contributed by atoms with Crippen LogP contribution in [-0.2, 0) is 7.05 Å². The first kappa shape index (κ1) is 12.1. The highest BCUT2D eigenvalue weighted by Gasteiger charge is 2.15. The lowest BCUT2D eigenvalue weighted by molar-refractivity contribution is 0.0938. The van der Waals surface area contributed by atoms with Crippen molar-refractivity contribution in [2.45, 2.75) is 13.0 Å². The van der Waals surface area contributed by atoms with Crippen LogP contribution in [0.5, 0.6) is 0 Å². The molecule has 0 aliphatic heterocycles. The van der Waals surface area contributed by atoms with E-state index in [4.69, 9.17) is 5.73 Å². The van der Waals surface area contributed by atoms with Crippen LogP contribution in [-0.4, -0.2) is 20.7 Å². The lowest BCUT2D eigenvalue weighted by Crippen LogP contribution is -2.28. The van der Waals surface area contributed by atoms with Gasteiger partial charge in [0, 0.05) is 18.3 Å². The lowest BCUT2D eigenvalue weighted by atomic mass is 10.2. The van der Waals surface area contributed by atoms with Crippen LogP contribution in [0.2, 0.25) is 0 Å². The summed E-state index contributed by atoms with van der Waals surface area (Å²) in [6.07, 6.45) is 1.60. The molecule has 1 atom stereocenters. The van der Waals surface area contributed by atoms with Gasteiger partial charge in [0.05, 0.1) is 6.04 Å². The van der Waals surface area contributed by atoms with E-state index in [0.29, 0.717) is 17.1 Å². The second-order valence-corrected chi connectivity index (χ2v) is 4.12. The monoisotopic (exact) mass is 245 g/mol. The maximum Gasteiger partial charge on any atom is 0.251 e. The topological polar surface area (TPSA) is 85.8 Å². The van der Waals surface area contributed by atoms with Gasteiger partial charge >= 0.3 is 0 Å². The Hall–Kier alpha value is -2.37. The molecule has 6 heteroatoms. The first-order valence-corrected chi connectivity index (χ1v) is 5.58. The molecule has 1 aromatic heterocycles. The zero-order valence-corrected chi connectivity index (χ0v) is 10.3. The van der Waals surface area contributed by atoms with Gasteiger partial charge in [-0.3, -0.25) is 4.79 Å². The number of aryl methyl sites for hydroxylation is 1. The molecule has 0 saturated heterocycles. The van der Waals surface area contributed by atoms with E-state index >= 15 is 0 Å². The molecular formula is C12H15N5O. The third-order valence-corrected chi connectivity index (χ3v) is 2.65. The number of amides is 1. The van der Waals surface area contributed by atoms with Crippen molar-refractivity contribution in [2.24, 2.45) is 7.05 Å². The molecule has 2 aromatic rings. The molecule has 2 rings (SSSR count). The molecule has 1 heterocycles. The number of nitrogens with zero attached hydrogens (tertiary/aromatic N) is 3. The Balaban J connectivity index is 2.08. The fourth-order valence-electron chi connectivity index (χ4n) is 1.66. The molecule has 94 valence electrons. The SMILES string of the molecule is CC(NC(=O)c1ccc(N)cc1)c1nncn1C. The third-order valence-electron chi connectivity index (χ3n) is 2.65. The molecule has 0 aliphatic rings. The third kappa shape index (κ3) is 2.48. The van der Waals surface area contributed by atoms with E-state index < -0.39 is 0 Å². The van der Waals surface area contributed by atoms with Crippen LogP contribution in [0.25, 0.3) is 0 Å². The second kappa shape index (κ2) is 4.87. The minimum Gasteiger partial charge on any atom is -0.399 e. The molecule has 0 bridgehead atoms. The Kier molecular flexibility index (Phi) is 3.27. The minimum absolute atomic E-state index is 0.162. The predicted octanol–water partition coefficient (Wildman–Crippen LogP) is 0.888. The number of carbonyl (C=O) groups excluding carboxylic acids is 1. The Labute approximate surface area is 105 Å². The quantitative estimate of drug-likeness (QED) is 0.786. The van der Waals surface area contributed by atoms with Crippen molar-refractivity contribution < 1.29 is 4.79 Å². The minimum atomic E-state index is -0.206. The van der Waals surface area contributed by atoms with Crippen LogP contribution >= 0.6 is 0 Å². The van der Waals surface area contributed by atoms with Crippen molar-refractivity contribution in [2.75, 3.05) is 5.73 Å². The van der Waals surface area contributed by atoms with E-state index in [0.717, 1.165) is 0 Å². The summed E-state index contributed by atoms with van der Waals surface area (Å²) < 4.78 is 1.77. The number of aromatic nitrogens is 3. The average Bonchev–Trinajstić information content (AvgIpc) is 2.76. The van der Waals surface area contributed by atoms with Crippen LogP contribution < -0.4 is 11.1 Å². The van der Waals surface area contributed by atoms with E-state index in [1.807, 2.05) is 14.0 Å². The molecule has 0 saturated carbocycles. The number of nitrogens with two attached hydrogens (primary N) is 1. The van der Waals surface area contributed by atoms with Crippen LogP contribution in [0.4, 0.5) is 5.69 Å². The maximum absolute atomic E-state index is 12.0. The molecule has 1 aromatic carbocycles. The zero-order chi connectivity index (χ0) is 13.1. The number of hydrogen-bond acceptors (Lipinski definition) is 4. The van der Waals surface area contributed by atoms with Gasteiger partial charge in [0.2, 0.25) is 0 Å². The molecule has 3 N–H and O–H groups in total. The Morgan fingerprint density at radius 1 is 1.39 bits per heavy atom. The normalized spacial score (nSPS) is 12.1. The van der Waals surface area contributed by atoms with Gasteiger partial charge in [0.15, 0.2) is 5.82 Å². The molecule has 0 aliphatic carbocycles. The van der Waals surface area contributed by atoms with Gasteiger partial charge in [-0.1, -0.05) is 0 Å². The molecule has 6 nitrogen and oxygen atoms in total. The van der Waals surface area contributed by atoms with Gasteiger partial charge in [-0.25, -0.2) is 0 Å². The van der Waals surface area contributed by atoms with Gasteiger partial charge in [-0.15, -0.1) is 10.2 Å². The van der Waals surface area contributed by atoms with Crippen molar-refractivity contribution >= 4 is 11.6 Å². The summed E-state index contributed by atoms with van der Waals surface area (Å²) in [7, 11) is 1.83. The van der Waals surface area contributed by atoms with E-state index in [-0.39, 0.29) is 11.9 Å². The fourth-order valence-corrected chi connectivity index (χ4v) is 1.66. The molecule has 1 unspecified atom stereocenters. The fraction of sp³-hybridized carbons (Fsp3) is 0.250. The van der Waals surface area contributed by atoms with Crippen molar-refractivity contribution in [1.82, 2.24) is 20.1 Å². The number of nitrogen functional groups attached to an aromatic ring is 1. The Morgan fingerprint density at radius 2 is 2.06 bits per heavy atom. The summed E-state index contributed by atoms with van der Waals surface area (Å²) >= 11 is 0. The predicted molar refractivity (Wildman–Crippen MR) is 67.7 cm³/mol. The van der Waals surface area contributed by atoms with Crippen LogP contribution in [0, 0.1) is 0 Å². The van der Waals surface area contributed by atoms with E-state index in [1.54, 1.807) is 35.2 Å². The standard InChI is InChI=1S/C12H15N5O/c1-8(11-16-14-7-17(11)2)15-12(18)9-3-5-10(13)6-4-9/h3-8H,13H2,1-2H3,(H,15,18). The van der Waals surface area contributed by atoms with Crippen molar-refractivity contribution in [1.29, 1.82) is 0 Å². The van der Waals surface area contributed by atoms with E-state index in [1.165, 1.54) is 0 Å². The van der Waals surface area contributed by atoms with Gasteiger partial charge < -0.3 is 15.6 Å². The molecule has 1 amide bonds. The van der Waals surface area contributed by atoms with Gasteiger partial charge in [-0.05, 0) is 31.2 Å². The van der Waals surface area contributed by atoms with Crippen molar-refractivity contribution in [3.63, 3.8) is 0 Å². The van der Waals surface area contributed by atoms with Gasteiger partial charge in [0.1, 0.15) is 6.33 Å². The highest BCUT2D eigenvalue weighted by atomic mass is 16.1. The lowest BCUT2D eigenvalue weighted by Gasteiger charge is -2.12. The van der Waals surface area contributed by atoms with Gasteiger partial charge in [-0.2, -0.15) is 0 Å². The summed E-state index contributed by atoms with van der Waals surface area (Å²) in [6, 6.07) is 6.56. The van der Waals surface area contributed by atoms with E-state index in [9.17, 15) is 4.79 Å². The number of hydrogen-bond donors (Lipinski definition) is 2. The van der Waals surface area contributed by atoms with Crippen molar-refractivity contribution in [3.05, 3.63) is 42.0 Å². The summed E-state index contributed by atoms with van der Waals surface area (Å²) in [5.74, 6) is 0.546. The first-order valence-electron chi connectivity index (χ1n) is 5.58. The summed E-state index contributed by atoms with van der Waals surface area (Å²) in [6.45, 7) is 1.86. The number of nitrogens with one attached hydrogen (secondary N) is 1. The summed E-state index contributed by atoms with van der Waals surface area (Å²) in [5.41, 5.74) is 6.77. The van der Waals surface area contributed by atoms with Crippen LogP contribution in [0.3, 0.4) is 0 Å². The first-order chi connectivity index (χ1) is 8.58. The Morgan fingerprint density at radius 3 is 2.61 bits per heavy atom. The number of rotatable bonds is 3. The average molecular weight is 245 g/mol. The van der Waals surface area contributed by atoms with Gasteiger partial charge in [0.25, 0.3) is 5.91 Å². The zero-order valence-electron chi connectivity index (χ0n) is 10.3. The van der Waals surface area contributed by atoms with E-state index in [2.05, 4.69) is 15.5 Å². The van der Waals surface area contributed by atoms with Crippen LogP contribution in [0.15, 0.2) is 30.6 Å². The maximum atomic E-state index is 12.0.